The molecule has 0 bridgehead atoms. The number of hydrogen-bond donors (Lipinski definition) is 0. The molecule has 0 N–H and O–H groups in total. The summed E-state index contributed by atoms with van der Waals surface area (Å²) in [6.07, 6.45) is 0.655. The lowest BCUT2D eigenvalue weighted by atomic mass is 10.1. The van der Waals surface area contributed by atoms with E-state index >= 15 is 0 Å². The van der Waals surface area contributed by atoms with E-state index < -0.39 is 0 Å². The quantitative estimate of drug-likeness (QED) is 0.378. The third kappa shape index (κ3) is 4.29. The maximum absolute atomic E-state index is 9.79. The Morgan fingerprint density at radius 1 is 0.900 bits per heavy atom. The molecule has 30 heavy (non-hydrogen) atoms. The molecule has 1 unspecified atom stereocenters. The highest BCUT2D eigenvalue weighted by atomic mass is 32.2. The molecule has 0 aliphatic rings. The maximum Gasteiger partial charge on any atom is 0.197 e. The molecule has 0 amide bonds. The first-order valence-corrected chi connectivity index (χ1v) is 10.7. The van der Waals surface area contributed by atoms with Crippen molar-refractivity contribution in [3.05, 3.63) is 95.6 Å². The fraction of sp³-hybridized carbons (Fsp3) is 0.160. The van der Waals surface area contributed by atoms with Crippen LogP contribution in [0.15, 0.2) is 84.0 Å². The van der Waals surface area contributed by atoms with E-state index in [9.17, 15) is 5.26 Å². The normalized spacial score (nSPS) is 11.8. The number of benzene rings is 3. The number of rotatable bonds is 6. The summed E-state index contributed by atoms with van der Waals surface area (Å²) in [4.78, 5) is 0. The number of thioether (sulfide) groups is 1. The average Bonchev–Trinajstić information content (AvgIpc) is 3.20. The van der Waals surface area contributed by atoms with Crippen LogP contribution in [-0.2, 0) is 6.42 Å². The second-order valence-corrected chi connectivity index (χ2v) is 8.37. The van der Waals surface area contributed by atoms with E-state index in [1.807, 2.05) is 60.7 Å². The maximum atomic E-state index is 9.79. The fourth-order valence-corrected chi connectivity index (χ4v) is 4.26. The molecule has 0 saturated heterocycles. The summed E-state index contributed by atoms with van der Waals surface area (Å²) in [6.45, 7) is 4.20. The summed E-state index contributed by atoms with van der Waals surface area (Å²) in [5.41, 5.74) is 5.57. The van der Waals surface area contributed by atoms with Gasteiger partial charge in [-0.25, -0.2) is 0 Å². The Kier molecular flexibility index (Phi) is 5.97. The standard InChI is InChI=1S/C25H22N4S/c1-18-13-14-22(15-19(18)2)29-24(21-11-7-4-8-12-21)27-28-25(29)30-23(17-26)16-20-9-5-3-6-10-20/h3-15,23H,16H2,1-2H3. The third-order valence-electron chi connectivity index (χ3n) is 5.07. The highest BCUT2D eigenvalue weighted by Gasteiger charge is 2.20. The zero-order valence-corrected chi connectivity index (χ0v) is 17.8. The van der Waals surface area contributed by atoms with Crippen LogP contribution in [0.25, 0.3) is 17.1 Å². The molecular formula is C25H22N4S. The molecular weight excluding hydrogens is 388 g/mol. The largest absolute Gasteiger partial charge is 0.270 e. The van der Waals surface area contributed by atoms with Crippen molar-refractivity contribution >= 4 is 11.8 Å². The summed E-state index contributed by atoms with van der Waals surface area (Å²) in [6, 6.07) is 28.9. The van der Waals surface area contributed by atoms with Crippen LogP contribution in [0.3, 0.4) is 0 Å². The Morgan fingerprint density at radius 3 is 2.27 bits per heavy atom. The van der Waals surface area contributed by atoms with E-state index in [4.69, 9.17) is 0 Å². The Bertz CT molecular complexity index is 1180. The highest BCUT2D eigenvalue weighted by molar-refractivity contribution is 8.00. The Labute approximate surface area is 181 Å². The van der Waals surface area contributed by atoms with Crippen molar-refractivity contribution in [2.75, 3.05) is 0 Å². The van der Waals surface area contributed by atoms with Crippen molar-refractivity contribution in [1.82, 2.24) is 14.8 Å². The van der Waals surface area contributed by atoms with Gasteiger partial charge >= 0.3 is 0 Å². The fourth-order valence-electron chi connectivity index (χ4n) is 3.29. The van der Waals surface area contributed by atoms with Crippen molar-refractivity contribution < 1.29 is 0 Å². The SMILES string of the molecule is Cc1ccc(-n2c(SC(C#N)Cc3ccccc3)nnc2-c2ccccc2)cc1C. The molecule has 1 aromatic heterocycles. The Balaban J connectivity index is 1.75. The molecule has 0 spiro atoms. The van der Waals surface area contributed by atoms with Gasteiger partial charge in [-0.3, -0.25) is 4.57 Å². The van der Waals surface area contributed by atoms with E-state index in [0.717, 1.165) is 27.8 Å². The highest BCUT2D eigenvalue weighted by Crippen LogP contribution is 2.31. The van der Waals surface area contributed by atoms with Gasteiger partial charge in [0.15, 0.2) is 11.0 Å². The topological polar surface area (TPSA) is 54.5 Å². The van der Waals surface area contributed by atoms with Crippen LogP contribution in [0, 0.1) is 25.2 Å². The van der Waals surface area contributed by atoms with Gasteiger partial charge in [0.25, 0.3) is 0 Å². The predicted octanol–water partition coefficient (Wildman–Crippen LogP) is 5.78. The third-order valence-corrected chi connectivity index (χ3v) is 6.10. The average molecular weight is 411 g/mol. The first-order valence-electron chi connectivity index (χ1n) is 9.84. The van der Waals surface area contributed by atoms with E-state index in [0.29, 0.717) is 6.42 Å². The lowest BCUT2D eigenvalue weighted by molar-refractivity contribution is 0.876. The summed E-state index contributed by atoms with van der Waals surface area (Å²) < 4.78 is 2.06. The molecule has 0 aliphatic carbocycles. The predicted molar refractivity (Wildman–Crippen MR) is 122 cm³/mol. The molecule has 5 heteroatoms. The van der Waals surface area contributed by atoms with Gasteiger partial charge in [0.2, 0.25) is 0 Å². The van der Waals surface area contributed by atoms with Crippen LogP contribution in [0.5, 0.6) is 0 Å². The molecule has 0 aliphatic heterocycles. The summed E-state index contributed by atoms with van der Waals surface area (Å²) in [5, 5.41) is 19.2. The van der Waals surface area contributed by atoms with Crippen LogP contribution < -0.4 is 0 Å². The zero-order chi connectivity index (χ0) is 20.9. The first kappa shape index (κ1) is 19.9. The minimum absolute atomic E-state index is 0.259. The summed E-state index contributed by atoms with van der Waals surface area (Å²) in [7, 11) is 0. The lowest BCUT2D eigenvalue weighted by Gasteiger charge is -2.14. The van der Waals surface area contributed by atoms with Crippen LogP contribution in [0.2, 0.25) is 0 Å². The molecule has 148 valence electrons. The van der Waals surface area contributed by atoms with Crippen molar-refractivity contribution in [3.8, 4) is 23.1 Å². The number of nitrogens with zero attached hydrogens (tertiary/aromatic N) is 4. The molecule has 0 saturated carbocycles. The van der Waals surface area contributed by atoms with Gasteiger partial charge in [-0.2, -0.15) is 5.26 Å². The Morgan fingerprint density at radius 2 is 1.60 bits per heavy atom. The van der Waals surface area contributed by atoms with Gasteiger partial charge in [0.05, 0.1) is 11.8 Å². The molecule has 4 rings (SSSR count). The number of aryl methyl sites for hydroxylation is 2. The summed E-state index contributed by atoms with van der Waals surface area (Å²) in [5.74, 6) is 0.776. The zero-order valence-electron chi connectivity index (χ0n) is 17.0. The van der Waals surface area contributed by atoms with Crippen molar-refractivity contribution in [1.29, 1.82) is 5.26 Å². The van der Waals surface area contributed by atoms with E-state index in [1.165, 1.54) is 22.9 Å². The minimum Gasteiger partial charge on any atom is -0.270 e. The molecule has 3 aromatic carbocycles. The minimum atomic E-state index is -0.259. The van der Waals surface area contributed by atoms with Crippen molar-refractivity contribution in [2.24, 2.45) is 0 Å². The van der Waals surface area contributed by atoms with Gasteiger partial charge in [-0.05, 0) is 49.1 Å². The van der Waals surface area contributed by atoms with Crippen molar-refractivity contribution in [2.45, 2.75) is 30.7 Å². The van der Waals surface area contributed by atoms with E-state index in [-0.39, 0.29) is 5.25 Å². The lowest BCUT2D eigenvalue weighted by Crippen LogP contribution is -2.07. The van der Waals surface area contributed by atoms with Gasteiger partial charge in [-0.15, -0.1) is 10.2 Å². The van der Waals surface area contributed by atoms with Crippen molar-refractivity contribution in [3.63, 3.8) is 0 Å². The number of nitriles is 1. The molecule has 4 aromatic rings. The molecule has 0 fully saturated rings. The van der Waals surface area contributed by atoms with E-state index in [2.05, 4.69) is 52.9 Å². The molecule has 1 heterocycles. The molecule has 0 radical (unpaired) electrons. The van der Waals surface area contributed by atoms with Crippen LogP contribution in [-0.4, -0.2) is 20.0 Å². The number of hydrogen-bond acceptors (Lipinski definition) is 4. The molecule has 1 atom stereocenters. The van der Waals surface area contributed by atoms with Gasteiger partial charge < -0.3 is 0 Å². The van der Waals surface area contributed by atoms with Crippen LogP contribution in [0.4, 0.5) is 0 Å². The Hall–Kier alpha value is -3.36. The monoisotopic (exact) mass is 410 g/mol. The van der Waals surface area contributed by atoms with Gasteiger partial charge in [-0.1, -0.05) is 78.5 Å². The first-order chi connectivity index (χ1) is 14.7. The second kappa shape index (κ2) is 8.98. The second-order valence-electron chi connectivity index (χ2n) is 7.20. The van der Waals surface area contributed by atoms with E-state index in [1.54, 1.807) is 0 Å². The number of aromatic nitrogens is 3. The van der Waals surface area contributed by atoms with Crippen LogP contribution in [0.1, 0.15) is 16.7 Å². The van der Waals surface area contributed by atoms with Gasteiger partial charge in [0.1, 0.15) is 5.25 Å². The van der Waals surface area contributed by atoms with Crippen LogP contribution >= 0.6 is 11.8 Å². The summed E-state index contributed by atoms with van der Waals surface area (Å²) >= 11 is 1.46. The molecule has 4 nitrogen and oxygen atoms in total. The smallest absolute Gasteiger partial charge is 0.197 e. The van der Waals surface area contributed by atoms with Gasteiger partial charge in [0, 0.05) is 5.56 Å².